The molecule has 0 aliphatic rings. The van der Waals surface area contributed by atoms with Gasteiger partial charge < -0.3 is 9.47 Å². The average molecular weight is 375 g/mol. The van der Waals surface area contributed by atoms with E-state index in [1.54, 1.807) is 24.3 Å². The summed E-state index contributed by atoms with van der Waals surface area (Å²) in [6.45, 7) is 2.62. The Bertz CT molecular complexity index is 824. The van der Waals surface area contributed by atoms with E-state index < -0.39 is 10.1 Å². The third kappa shape index (κ3) is 6.48. The van der Waals surface area contributed by atoms with Gasteiger partial charge in [0.15, 0.2) is 0 Å². The van der Waals surface area contributed by atoms with E-state index in [0.717, 1.165) is 11.1 Å². The summed E-state index contributed by atoms with van der Waals surface area (Å²) in [4.78, 5) is 0.131. The van der Waals surface area contributed by atoms with Crippen LogP contribution in [-0.2, 0) is 25.5 Å². The largest absolute Gasteiger partial charge is 0.491 e. The van der Waals surface area contributed by atoms with Crippen molar-refractivity contribution in [1.29, 1.82) is 5.26 Å². The number of ether oxygens (including phenoxy) is 2. The number of benzene rings is 2. The summed E-state index contributed by atoms with van der Waals surface area (Å²) in [6.07, 6.45) is 0.370. The molecule has 0 amide bonds. The Kier molecular flexibility index (Phi) is 7.60. The van der Waals surface area contributed by atoms with Gasteiger partial charge in [0, 0.05) is 0 Å². The van der Waals surface area contributed by atoms with Crippen LogP contribution < -0.4 is 4.74 Å². The van der Waals surface area contributed by atoms with Gasteiger partial charge in [0.25, 0.3) is 10.1 Å². The maximum absolute atomic E-state index is 12.0. The van der Waals surface area contributed by atoms with Gasteiger partial charge in [0.2, 0.25) is 0 Å². The summed E-state index contributed by atoms with van der Waals surface area (Å²) in [6, 6.07) is 15.8. The van der Waals surface area contributed by atoms with E-state index in [4.69, 9.17) is 18.9 Å². The predicted molar refractivity (Wildman–Crippen MR) is 96.4 cm³/mol. The molecule has 0 aliphatic heterocycles. The van der Waals surface area contributed by atoms with E-state index in [0.29, 0.717) is 25.4 Å². The second kappa shape index (κ2) is 9.92. The van der Waals surface area contributed by atoms with Crippen molar-refractivity contribution in [3.63, 3.8) is 0 Å². The number of hydrogen-bond acceptors (Lipinski definition) is 6. The average Bonchev–Trinajstić information content (AvgIpc) is 2.63. The number of hydrogen-bond donors (Lipinski definition) is 0. The molecule has 26 heavy (non-hydrogen) atoms. The van der Waals surface area contributed by atoms with Crippen LogP contribution in [0.2, 0.25) is 0 Å². The molecule has 2 aromatic rings. The van der Waals surface area contributed by atoms with Crippen LogP contribution in [0.25, 0.3) is 0 Å². The number of aryl methyl sites for hydroxylation is 1. The topological polar surface area (TPSA) is 85.6 Å². The van der Waals surface area contributed by atoms with Gasteiger partial charge in [-0.1, -0.05) is 29.8 Å². The fourth-order valence-electron chi connectivity index (χ4n) is 2.09. The van der Waals surface area contributed by atoms with Crippen LogP contribution in [0.5, 0.6) is 5.75 Å². The van der Waals surface area contributed by atoms with Crippen LogP contribution in [0.3, 0.4) is 0 Å². The van der Waals surface area contributed by atoms with E-state index in [1.165, 1.54) is 12.1 Å². The normalized spacial score (nSPS) is 11.1. The monoisotopic (exact) mass is 375 g/mol. The van der Waals surface area contributed by atoms with E-state index >= 15 is 0 Å². The Morgan fingerprint density at radius 3 is 2.23 bits per heavy atom. The first-order valence-corrected chi connectivity index (χ1v) is 9.54. The highest BCUT2D eigenvalue weighted by Crippen LogP contribution is 2.13. The zero-order chi connectivity index (χ0) is 18.8. The molecule has 0 saturated heterocycles. The molecule has 7 heteroatoms. The van der Waals surface area contributed by atoms with E-state index in [2.05, 4.69) is 6.07 Å². The molecular formula is C19H21NO5S. The zero-order valence-corrected chi connectivity index (χ0v) is 15.4. The zero-order valence-electron chi connectivity index (χ0n) is 14.6. The van der Waals surface area contributed by atoms with Gasteiger partial charge in [0.05, 0.1) is 37.2 Å². The second-order valence-corrected chi connectivity index (χ2v) is 7.14. The van der Waals surface area contributed by atoms with Crippen LogP contribution in [-0.4, -0.2) is 34.8 Å². The molecule has 138 valence electrons. The molecule has 0 aromatic heterocycles. The van der Waals surface area contributed by atoms with Gasteiger partial charge in [0.1, 0.15) is 12.4 Å². The van der Waals surface area contributed by atoms with Gasteiger partial charge in [-0.3, -0.25) is 4.18 Å². The first-order valence-electron chi connectivity index (χ1n) is 8.14. The molecule has 0 radical (unpaired) electrons. The van der Waals surface area contributed by atoms with Crippen LogP contribution in [0, 0.1) is 18.3 Å². The molecule has 0 fully saturated rings. The number of nitriles is 1. The molecule has 2 rings (SSSR count). The predicted octanol–water partition coefficient (Wildman–Crippen LogP) is 2.86. The molecule has 0 heterocycles. The fourth-order valence-corrected chi connectivity index (χ4v) is 2.98. The lowest BCUT2D eigenvalue weighted by atomic mass is 10.2. The third-order valence-electron chi connectivity index (χ3n) is 3.48. The lowest BCUT2D eigenvalue weighted by Crippen LogP contribution is -2.14. The quantitative estimate of drug-likeness (QED) is 0.469. The summed E-state index contributed by atoms with van der Waals surface area (Å²) in [5.74, 6) is 0.688. The maximum Gasteiger partial charge on any atom is 0.297 e. The lowest BCUT2D eigenvalue weighted by molar-refractivity contribution is 0.0779. The summed E-state index contributed by atoms with van der Waals surface area (Å²) in [5, 5.41) is 8.61. The minimum atomic E-state index is -3.76. The molecule has 0 spiro atoms. The molecule has 0 bridgehead atoms. The van der Waals surface area contributed by atoms with Gasteiger partial charge in [-0.05, 0) is 36.8 Å². The maximum atomic E-state index is 12.0. The smallest absolute Gasteiger partial charge is 0.297 e. The Morgan fingerprint density at radius 1 is 0.923 bits per heavy atom. The van der Waals surface area contributed by atoms with Crippen molar-refractivity contribution < 1.29 is 22.1 Å². The fraction of sp³-hybridized carbons (Fsp3) is 0.316. The highest BCUT2D eigenvalue weighted by molar-refractivity contribution is 7.86. The summed E-state index contributed by atoms with van der Waals surface area (Å²) < 4.78 is 39.7. The summed E-state index contributed by atoms with van der Waals surface area (Å²) in [5.41, 5.74) is 1.91. The Hall–Kier alpha value is -2.40. The standard InChI is InChI=1S/C19H21NO5S/c1-16-2-8-19(9-3-16)26(21,22)25-15-13-23-12-14-24-18-6-4-17(5-7-18)10-11-20/h2-9H,10,12-15H2,1H3. The van der Waals surface area contributed by atoms with Crippen LogP contribution in [0.15, 0.2) is 53.4 Å². The molecule has 2 aromatic carbocycles. The van der Waals surface area contributed by atoms with Crippen molar-refractivity contribution in [3.8, 4) is 11.8 Å². The SMILES string of the molecule is Cc1ccc(S(=O)(=O)OCCOCCOc2ccc(CC#N)cc2)cc1. The highest BCUT2D eigenvalue weighted by atomic mass is 32.2. The Balaban J connectivity index is 1.62. The third-order valence-corrected chi connectivity index (χ3v) is 4.81. The van der Waals surface area contributed by atoms with Gasteiger partial charge in [-0.2, -0.15) is 13.7 Å². The first-order chi connectivity index (χ1) is 12.5. The van der Waals surface area contributed by atoms with Crippen LogP contribution in [0.1, 0.15) is 11.1 Å². The van der Waals surface area contributed by atoms with Crippen molar-refractivity contribution in [1.82, 2.24) is 0 Å². The highest BCUT2D eigenvalue weighted by Gasteiger charge is 2.14. The summed E-state index contributed by atoms with van der Waals surface area (Å²) >= 11 is 0. The first kappa shape index (κ1) is 19.9. The molecule has 0 N–H and O–H groups in total. The minimum absolute atomic E-state index is 0.0565. The van der Waals surface area contributed by atoms with E-state index in [1.807, 2.05) is 19.1 Å². The number of nitrogens with zero attached hydrogens (tertiary/aromatic N) is 1. The van der Waals surface area contributed by atoms with E-state index in [9.17, 15) is 8.42 Å². The van der Waals surface area contributed by atoms with Crippen LogP contribution in [0.4, 0.5) is 0 Å². The molecule has 0 saturated carbocycles. The van der Waals surface area contributed by atoms with Gasteiger partial charge in [-0.15, -0.1) is 0 Å². The molecule has 0 atom stereocenters. The van der Waals surface area contributed by atoms with Crippen molar-refractivity contribution >= 4 is 10.1 Å². The van der Waals surface area contributed by atoms with Gasteiger partial charge in [-0.25, -0.2) is 0 Å². The van der Waals surface area contributed by atoms with Crippen molar-refractivity contribution in [2.75, 3.05) is 26.4 Å². The number of rotatable bonds is 10. The second-order valence-electron chi connectivity index (χ2n) is 5.53. The Labute approximate surface area is 154 Å². The Morgan fingerprint density at radius 2 is 1.58 bits per heavy atom. The van der Waals surface area contributed by atoms with Crippen molar-refractivity contribution in [3.05, 3.63) is 59.7 Å². The van der Waals surface area contributed by atoms with Crippen molar-refractivity contribution in [2.24, 2.45) is 0 Å². The van der Waals surface area contributed by atoms with Crippen LogP contribution >= 0.6 is 0 Å². The molecular weight excluding hydrogens is 354 g/mol. The summed E-state index contributed by atoms with van der Waals surface area (Å²) in [7, 11) is -3.76. The van der Waals surface area contributed by atoms with E-state index in [-0.39, 0.29) is 18.1 Å². The van der Waals surface area contributed by atoms with Crippen molar-refractivity contribution in [2.45, 2.75) is 18.2 Å². The molecule has 0 unspecified atom stereocenters. The molecule has 0 aliphatic carbocycles. The van der Waals surface area contributed by atoms with Gasteiger partial charge >= 0.3 is 0 Å². The molecule has 6 nitrogen and oxygen atoms in total. The lowest BCUT2D eigenvalue weighted by Gasteiger charge is -2.08. The minimum Gasteiger partial charge on any atom is -0.491 e.